The van der Waals surface area contributed by atoms with Crippen molar-refractivity contribution in [2.75, 3.05) is 6.61 Å². The van der Waals surface area contributed by atoms with Crippen LogP contribution in [-0.2, 0) is 28.0 Å². The number of para-hydroxylation sites is 1. The van der Waals surface area contributed by atoms with Crippen molar-refractivity contribution in [3.8, 4) is 5.75 Å². The molecule has 1 atom stereocenters. The van der Waals surface area contributed by atoms with Gasteiger partial charge in [-0.2, -0.15) is 0 Å². The van der Waals surface area contributed by atoms with Crippen molar-refractivity contribution in [1.82, 2.24) is 0 Å². The molecule has 1 unspecified atom stereocenters. The predicted molar refractivity (Wildman–Crippen MR) is 50.4 cm³/mol. The average molecular weight is 267 g/mol. The number of aldehydes is 1. The third-order valence-corrected chi connectivity index (χ3v) is 1.63. The fourth-order valence-electron chi connectivity index (χ4n) is 0.939. The molecule has 16 heavy (non-hydrogen) atoms. The second kappa shape index (κ2) is 10.6. The van der Waals surface area contributed by atoms with E-state index in [2.05, 4.69) is 0 Å². The van der Waals surface area contributed by atoms with Gasteiger partial charge in [-0.15, -0.1) is 0 Å². The Kier molecular flexibility index (Phi) is 13.6. The van der Waals surface area contributed by atoms with Gasteiger partial charge in [0.1, 0.15) is 11.9 Å². The van der Waals surface area contributed by atoms with E-state index in [1.165, 1.54) is 0 Å². The normalized spacial score (nSPS) is 9.88. The van der Waals surface area contributed by atoms with Gasteiger partial charge in [0, 0.05) is 17.1 Å². The maximum atomic E-state index is 10.6. The first-order valence-electron chi connectivity index (χ1n) is 4.09. The summed E-state index contributed by atoms with van der Waals surface area (Å²) in [6, 6.07) is 6.93. The third kappa shape index (κ3) is 5.85. The molecule has 5 nitrogen and oxygen atoms in total. The summed E-state index contributed by atoms with van der Waals surface area (Å²) in [6.45, 7) is 1.68. The molecule has 0 aromatic heterocycles. The average Bonchev–Trinajstić information content (AvgIpc) is 2.18. The Morgan fingerprint density at radius 2 is 1.94 bits per heavy atom. The third-order valence-electron chi connectivity index (χ3n) is 1.63. The van der Waals surface area contributed by atoms with Gasteiger partial charge in [0.05, 0.1) is 12.2 Å². The molecule has 1 aromatic rings. The maximum Gasteiger partial charge on any atom is 0.153 e. The molecule has 93 valence electrons. The molecular formula is C10H12MnO5-4. The first-order chi connectivity index (χ1) is 6.27. The van der Waals surface area contributed by atoms with E-state index < -0.39 is 0 Å². The van der Waals surface area contributed by atoms with Crippen LogP contribution in [-0.4, -0.2) is 24.1 Å². The number of hydrogen-bond donors (Lipinski definition) is 1. The molecule has 1 aromatic carbocycles. The summed E-state index contributed by atoms with van der Waals surface area (Å²) < 4.78 is 5.30. The van der Waals surface area contributed by atoms with Gasteiger partial charge in [0.2, 0.25) is 0 Å². The van der Waals surface area contributed by atoms with Crippen LogP contribution in [0.1, 0.15) is 17.3 Å². The molecule has 0 aliphatic heterocycles. The van der Waals surface area contributed by atoms with Gasteiger partial charge in [-0.25, -0.2) is 0 Å². The van der Waals surface area contributed by atoms with Gasteiger partial charge in [0.15, 0.2) is 6.29 Å². The summed E-state index contributed by atoms with van der Waals surface area (Å²) in [5.41, 5.74) is 0.503. The first kappa shape index (κ1) is 20.5. The zero-order valence-electron chi connectivity index (χ0n) is 8.63. The van der Waals surface area contributed by atoms with Crippen LogP contribution in [0.2, 0.25) is 0 Å². The predicted octanol–water partition coefficient (Wildman–Crippen LogP) is 1.02. The molecule has 1 radical (unpaired) electrons. The van der Waals surface area contributed by atoms with Crippen molar-refractivity contribution in [3.63, 3.8) is 0 Å². The molecule has 0 spiro atoms. The Morgan fingerprint density at radius 1 is 1.38 bits per heavy atom. The molecule has 1 N–H and O–H groups in total. The van der Waals surface area contributed by atoms with Crippen LogP contribution < -0.4 is 4.74 Å². The van der Waals surface area contributed by atoms with Crippen LogP contribution in [0.4, 0.5) is 0 Å². The number of benzene rings is 1. The van der Waals surface area contributed by atoms with Crippen LogP contribution in [0.25, 0.3) is 0 Å². The summed E-state index contributed by atoms with van der Waals surface area (Å²) in [6.07, 6.45) is 0.445. The maximum absolute atomic E-state index is 10.6. The molecule has 0 saturated heterocycles. The summed E-state index contributed by atoms with van der Waals surface area (Å²) >= 11 is 0. The number of hydrogen-bond acceptors (Lipinski definition) is 3. The molecule has 0 heterocycles. The summed E-state index contributed by atoms with van der Waals surface area (Å²) in [5, 5.41) is 8.75. The Morgan fingerprint density at radius 3 is 2.44 bits per heavy atom. The minimum absolute atomic E-state index is 0. The van der Waals surface area contributed by atoms with Crippen LogP contribution >= 0.6 is 0 Å². The fraction of sp³-hybridized carbons (Fsp3) is 0.300. The topological polar surface area (TPSA) is 104 Å². The van der Waals surface area contributed by atoms with E-state index in [0.717, 1.165) is 6.29 Å². The van der Waals surface area contributed by atoms with Crippen LogP contribution in [0, 0.1) is 0 Å². The zero-order valence-corrected chi connectivity index (χ0v) is 9.81. The van der Waals surface area contributed by atoms with E-state index >= 15 is 0 Å². The smallest absolute Gasteiger partial charge is 0.153 e. The zero-order chi connectivity index (χ0) is 9.68. The molecule has 0 saturated carbocycles. The molecule has 0 amide bonds. The van der Waals surface area contributed by atoms with Crippen molar-refractivity contribution in [2.45, 2.75) is 13.0 Å². The minimum atomic E-state index is -0.291. The second-order valence-electron chi connectivity index (χ2n) is 2.77. The largest absolute Gasteiger partial charge is 2.00 e. The van der Waals surface area contributed by atoms with Gasteiger partial charge >= 0.3 is 0 Å². The quantitative estimate of drug-likeness (QED) is 0.650. The summed E-state index contributed by atoms with van der Waals surface area (Å²) in [4.78, 5) is 10.6. The summed E-state index contributed by atoms with van der Waals surface area (Å²) in [5.74, 6) is 0.513. The molecule has 6 heteroatoms. The molecule has 1 rings (SSSR count). The molecule has 0 fully saturated rings. The van der Waals surface area contributed by atoms with Crippen LogP contribution in [0.3, 0.4) is 0 Å². The Labute approximate surface area is 105 Å². The van der Waals surface area contributed by atoms with E-state index in [1.54, 1.807) is 31.2 Å². The standard InChI is InChI=1S/C10H12O3.Mn.2O/c1-8(6-11)13-10-5-3-2-4-9(10)7-12;;;/h2-5,7-8,11H,6H2,1H3;;;/q;;2*-2. The number of aliphatic hydroxyl groups excluding tert-OH is 1. The van der Waals surface area contributed by atoms with E-state index in [0.29, 0.717) is 11.3 Å². The van der Waals surface area contributed by atoms with Crippen molar-refractivity contribution < 1.29 is 42.7 Å². The molecule has 0 aliphatic carbocycles. The molecule has 0 aliphatic rings. The minimum Gasteiger partial charge on any atom is -2.00 e. The van der Waals surface area contributed by atoms with Gasteiger partial charge in [0.25, 0.3) is 0 Å². The van der Waals surface area contributed by atoms with Gasteiger partial charge in [-0.05, 0) is 19.1 Å². The van der Waals surface area contributed by atoms with Crippen molar-refractivity contribution >= 4 is 6.29 Å². The number of rotatable bonds is 4. The Bertz CT molecular complexity index is 292. The Balaban J connectivity index is -0.000000563. The number of carbonyl (C=O) groups is 1. The first-order valence-corrected chi connectivity index (χ1v) is 4.09. The fourth-order valence-corrected chi connectivity index (χ4v) is 0.939. The van der Waals surface area contributed by atoms with Crippen molar-refractivity contribution in [1.29, 1.82) is 0 Å². The summed E-state index contributed by atoms with van der Waals surface area (Å²) in [7, 11) is 0. The molecule has 0 bridgehead atoms. The van der Waals surface area contributed by atoms with Gasteiger partial charge in [-0.1, -0.05) is 12.1 Å². The van der Waals surface area contributed by atoms with Crippen LogP contribution in [0.5, 0.6) is 5.75 Å². The van der Waals surface area contributed by atoms with Crippen molar-refractivity contribution in [2.24, 2.45) is 0 Å². The van der Waals surface area contributed by atoms with E-state index in [9.17, 15) is 4.79 Å². The monoisotopic (exact) mass is 267 g/mol. The Hall–Kier alpha value is -0.911. The number of aliphatic hydroxyl groups is 1. The van der Waals surface area contributed by atoms with E-state index in [-0.39, 0.29) is 40.7 Å². The SMILES string of the molecule is CC(CO)Oc1ccccc1C=O.[Mn].[O-2].[O-2]. The number of carbonyl (C=O) groups excluding carboxylic acids is 1. The van der Waals surface area contributed by atoms with Crippen molar-refractivity contribution in [3.05, 3.63) is 29.8 Å². The van der Waals surface area contributed by atoms with Gasteiger partial charge in [-0.3, -0.25) is 4.79 Å². The van der Waals surface area contributed by atoms with E-state index in [4.69, 9.17) is 9.84 Å². The van der Waals surface area contributed by atoms with E-state index in [1.807, 2.05) is 0 Å². The number of ether oxygens (including phenoxy) is 1. The van der Waals surface area contributed by atoms with Gasteiger partial charge < -0.3 is 20.8 Å². The molecular weight excluding hydrogens is 255 g/mol. The second-order valence-corrected chi connectivity index (χ2v) is 2.77. The van der Waals surface area contributed by atoms with Crippen LogP contribution in [0.15, 0.2) is 24.3 Å².